The summed E-state index contributed by atoms with van der Waals surface area (Å²) in [6.07, 6.45) is 0.448. The van der Waals surface area contributed by atoms with E-state index < -0.39 is 65.4 Å². The normalized spacial score (nSPS) is 22.3. The summed E-state index contributed by atoms with van der Waals surface area (Å²) in [6.45, 7) is 10.2. The third kappa shape index (κ3) is 6.98. The van der Waals surface area contributed by atoms with Gasteiger partial charge in [0.25, 0.3) is 5.88 Å². The van der Waals surface area contributed by atoms with Gasteiger partial charge in [0, 0.05) is 34.4 Å². The van der Waals surface area contributed by atoms with Crippen molar-refractivity contribution in [2.24, 2.45) is 11.8 Å². The first-order valence-electron chi connectivity index (χ1n) is 18.8. The lowest BCUT2D eigenvalue weighted by Crippen LogP contribution is -2.68. The molecular formula is C42H48N3O10SSi-. The molecule has 0 radical (unpaired) electrons. The number of anilines is 1. The third-order valence-electron chi connectivity index (χ3n) is 11.9. The van der Waals surface area contributed by atoms with E-state index in [1.165, 1.54) is 13.2 Å². The molecule has 3 aromatic carbocycles. The highest BCUT2D eigenvalue weighted by atomic mass is 32.2. The van der Waals surface area contributed by atoms with Crippen molar-refractivity contribution in [3.63, 3.8) is 0 Å². The first-order valence-corrected chi connectivity index (χ1v) is 22.8. The standard InChI is InChI=1S/C42H49N3O10SSi/c1-41(2,3)57(7,8)55-42-28(34(45(4)5)37-33(39(42)48)40(43-54-37)53-23-25-17-13-10-14-18-25)20-26-19-27-30(51-6)21-29(44-56(49)50)36(32(27)35(46)31(26)38(42)47)52-22-24-15-11-9-12-16-24/h9-18,21,26,28,34,44,46H,19-20,22-23H2,1-8H3,(H,49,50)/p-1/t26-,28-,34-,42?/m0/s1. The van der Waals surface area contributed by atoms with Crippen LogP contribution in [0.3, 0.4) is 0 Å². The average molecular weight is 815 g/mol. The van der Waals surface area contributed by atoms with Crippen LogP contribution in [0.4, 0.5) is 5.69 Å². The topological polar surface area (TPSA) is 173 Å². The molecule has 1 saturated carbocycles. The van der Waals surface area contributed by atoms with Crippen LogP contribution in [0.25, 0.3) is 5.76 Å². The van der Waals surface area contributed by atoms with Gasteiger partial charge >= 0.3 is 0 Å². The summed E-state index contributed by atoms with van der Waals surface area (Å²) in [5.74, 6) is -2.58. The van der Waals surface area contributed by atoms with E-state index in [2.05, 4.69) is 9.88 Å². The zero-order chi connectivity index (χ0) is 41.0. The molecular weight excluding hydrogens is 767 g/mol. The van der Waals surface area contributed by atoms with Gasteiger partial charge in [-0.05, 0) is 67.3 Å². The fraction of sp³-hybridized carbons (Fsp3) is 0.405. The van der Waals surface area contributed by atoms with Crippen molar-refractivity contribution in [2.45, 2.75) is 76.6 Å². The second-order valence-electron chi connectivity index (χ2n) is 16.6. The number of aliphatic hydroxyl groups excluding tert-OH is 1. The Morgan fingerprint density at radius 3 is 2.18 bits per heavy atom. The van der Waals surface area contributed by atoms with Gasteiger partial charge in [0.15, 0.2) is 25.4 Å². The smallest absolute Gasteiger partial charge is 0.265 e. The zero-order valence-corrected chi connectivity index (χ0v) is 35.2. The van der Waals surface area contributed by atoms with E-state index in [1.54, 1.807) is 0 Å². The molecule has 0 aliphatic heterocycles. The van der Waals surface area contributed by atoms with E-state index >= 15 is 9.59 Å². The fourth-order valence-electron chi connectivity index (χ4n) is 8.20. The maximum Gasteiger partial charge on any atom is 0.265 e. The van der Waals surface area contributed by atoms with Crippen molar-refractivity contribution in [1.29, 1.82) is 0 Å². The van der Waals surface area contributed by atoms with Gasteiger partial charge in [0.05, 0.1) is 24.4 Å². The van der Waals surface area contributed by atoms with Crippen molar-refractivity contribution in [3.8, 4) is 17.4 Å². The Morgan fingerprint density at radius 2 is 1.61 bits per heavy atom. The predicted molar refractivity (Wildman–Crippen MR) is 215 cm³/mol. The average Bonchev–Trinajstić information content (AvgIpc) is 3.58. The van der Waals surface area contributed by atoms with Crippen molar-refractivity contribution in [2.75, 3.05) is 25.9 Å². The molecule has 3 aliphatic rings. The van der Waals surface area contributed by atoms with E-state index in [-0.39, 0.29) is 65.8 Å². The van der Waals surface area contributed by atoms with Crippen LogP contribution in [0.5, 0.6) is 17.4 Å². The number of aromatic nitrogens is 1. The molecule has 15 heteroatoms. The molecule has 5 atom stereocenters. The zero-order valence-electron chi connectivity index (χ0n) is 33.3. The Kier molecular flexibility index (Phi) is 10.8. The molecule has 0 amide bonds. The van der Waals surface area contributed by atoms with Gasteiger partial charge in [0.2, 0.25) is 11.6 Å². The van der Waals surface area contributed by atoms with E-state index in [0.29, 0.717) is 11.3 Å². The molecule has 1 fully saturated rings. The molecule has 3 aliphatic carbocycles. The number of rotatable bonds is 12. The van der Waals surface area contributed by atoms with Crippen LogP contribution >= 0.6 is 0 Å². The largest absolute Gasteiger partial charge is 0.755 e. The van der Waals surface area contributed by atoms with Crippen LogP contribution in [-0.4, -0.2) is 70.6 Å². The van der Waals surface area contributed by atoms with Gasteiger partial charge < -0.3 is 37.5 Å². The number of hydrogen-bond acceptors (Lipinski definition) is 12. The number of nitrogens with zero attached hydrogens (tertiary/aromatic N) is 2. The molecule has 1 heterocycles. The number of fused-ring (bicyclic) bond motifs is 4. The van der Waals surface area contributed by atoms with Crippen LogP contribution in [0.1, 0.15) is 71.6 Å². The lowest BCUT2D eigenvalue weighted by atomic mass is 9.57. The monoisotopic (exact) mass is 814 g/mol. The Bertz CT molecular complexity index is 2250. The number of ether oxygens (including phenoxy) is 3. The van der Waals surface area contributed by atoms with Gasteiger partial charge in [-0.3, -0.25) is 18.7 Å². The molecule has 0 bridgehead atoms. The lowest BCUT2D eigenvalue weighted by molar-refractivity contribution is -0.140. The van der Waals surface area contributed by atoms with Crippen molar-refractivity contribution < 1.29 is 46.6 Å². The highest BCUT2D eigenvalue weighted by Crippen LogP contribution is 2.60. The van der Waals surface area contributed by atoms with Crippen molar-refractivity contribution in [1.82, 2.24) is 10.1 Å². The van der Waals surface area contributed by atoms with Gasteiger partial charge in [-0.25, -0.2) is 0 Å². The molecule has 4 aromatic rings. The number of nitrogens with one attached hydrogen (secondary N) is 1. The van der Waals surface area contributed by atoms with Crippen LogP contribution in [0, 0.1) is 11.8 Å². The summed E-state index contributed by atoms with van der Waals surface area (Å²) >= 11 is -2.78. The van der Waals surface area contributed by atoms with Crippen molar-refractivity contribution >= 4 is 42.6 Å². The Hall–Kier alpha value is -4.80. The molecule has 13 nitrogen and oxygen atoms in total. The Balaban J connectivity index is 1.44. The van der Waals surface area contributed by atoms with E-state index in [1.807, 2.05) is 114 Å². The third-order valence-corrected chi connectivity index (χ3v) is 16.7. The quantitative estimate of drug-likeness (QED) is 0.0830. The number of carbonyl (C=O) groups excluding carboxylic acids is 2. The minimum atomic E-state index is -2.98. The molecule has 57 heavy (non-hydrogen) atoms. The SMILES string of the molecule is COc1cc(NS(=O)[O-])c(OCc2ccccc2)c2c1C[C@H]1C[C@H]3[C@H](N(C)C)c4onc(OCc5ccccc5)c4C(=O)C3(O[Si](C)(C)C(C)(C)C)C(=O)C1=C2O. The molecule has 2 N–H and O–H groups in total. The summed E-state index contributed by atoms with van der Waals surface area (Å²) in [5.41, 5.74) is 0.179. The maximum absolute atomic E-state index is 15.8. The summed E-state index contributed by atoms with van der Waals surface area (Å²) in [6, 6.07) is 19.5. The highest BCUT2D eigenvalue weighted by molar-refractivity contribution is 7.80. The number of Topliss-reactive ketones (excluding diaryl/α,β-unsaturated/α-hetero) is 2. The minimum Gasteiger partial charge on any atom is -0.755 e. The summed E-state index contributed by atoms with van der Waals surface area (Å²) in [5, 5.41) is 16.4. The second-order valence-corrected chi connectivity index (χ2v) is 22.0. The first kappa shape index (κ1) is 40.4. The van der Waals surface area contributed by atoms with E-state index in [9.17, 15) is 13.9 Å². The van der Waals surface area contributed by atoms with E-state index in [0.717, 1.165) is 11.1 Å². The summed E-state index contributed by atoms with van der Waals surface area (Å²) in [7, 11) is 2.17. The van der Waals surface area contributed by atoms with Gasteiger partial charge in [-0.2, -0.15) is 0 Å². The van der Waals surface area contributed by atoms with Crippen LogP contribution in [0.2, 0.25) is 18.1 Å². The number of benzene rings is 3. The molecule has 7 rings (SSSR count). The van der Waals surface area contributed by atoms with Crippen LogP contribution < -0.4 is 18.9 Å². The number of ketones is 2. The van der Waals surface area contributed by atoms with Gasteiger partial charge in [-0.15, -0.1) is 0 Å². The van der Waals surface area contributed by atoms with Gasteiger partial charge in [0.1, 0.15) is 30.3 Å². The van der Waals surface area contributed by atoms with E-state index in [4.69, 9.17) is 23.2 Å². The predicted octanol–water partition coefficient (Wildman–Crippen LogP) is 7.34. The molecule has 2 unspecified atom stereocenters. The van der Waals surface area contributed by atoms with Gasteiger partial charge in [-0.1, -0.05) is 81.4 Å². The molecule has 1 aromatic heterocycles. The first-order chi connectivity index (χ1) is 27.0. The Morgan fingerprint density at radius 1 is 1.00 bits per heavy atom. The fourth-order valence-corrected chi connectivity index (χ4v) is 9.98. The minimum absolute atomic E-state index is 0.00184. The molecule has 0 spiro atoms. The summed E-state index contributed by atoms with van der Waals surface area (Å²) < 4.78 is 58.0. The molecule has 0 saturated heterocycles. The number of carbonyl (C=O) groups is 2. The molecule has 302 valence electrons. The second kappa shape index (κ2) is 15.2. The maximum atomic E-state index is 15.8. The Labute approximate surface area is 335 Å². The summed E-state index contributed by atoms with van der Waals surface area (Å²) in [4.78, 5) is 33.2. The van der Waals surface area contributed by atoms with Crippen molar-refractivity contribution in [3.05, 3.63) is 106 Å². The highest BCUT2D eigenvalue weighted by Gasteiger charge is 2.69. The number of methoxy groups -OCH3 is 1. The van der Waals surface area contributed by atoms with Crippen LogP contribution in [-0.2, 0) is 40.1 Å². The number of hydrogen-bond donors (Lipinski definition) is 2. The number of aliphatic hydroxyl groups is 1. The lowest BCUT2D eigenvalue weighted by Gasteiger charge is -2.55. The van der Waals surface area contributed by atoms with Crippen LogP contribution in [0.15, 0.2) is 76.8 Å².